The first-order valence-corrected chi connectivity index (χ1v) is 13.6. The molecule has 1 fully saturated rings. The van der Waals surface area contributed by atoms with Gasteiger partial charge in [0.05, 0.1) is 11.5 Å². The van der Waals surface area contributed by atoms with E-state index < -0.39 is 52.1 Å². The Morgan fingerprint density at radius 1 is 1.13 bits per heavy atom. The van der Waals surface area contributed by atoms with Crippen LogP contribution in [-0.4, -0.2) is 49.0 Å². The predicted molar refractivity (Wildman–Crippen MR) is 128 cm³/mol. The van der Waals surface area contributed by atoms with E-state index in [1.807, 2.05) is 28.7 Å². The molecule has 0 heterocycles. The molecule has 0 aromatic heterocycles. The molecule has 31 heavy (non-hydrogen) atoms. The summed E-state index contributed by atoms with van der Waals surface area (Å²) in [5.41, 5.74) is 0.414. The highest BCUT2D eigenvalue weighted by Gasteiger charge is 2.46. The van der Waals surface area contributed by atoms with E-state index in [0.29, 0.717) is 5.56 Å². The van der Waals surface area contributed by atoms with Gasteiger partial charge < -0.3 is 9.47 Å². The molecule has 1 aromatic rings. The van der Waals surface area contributed by atoms with Crippen LogP contribution in [0.25, 0.3) is 0 Å². The number of alkyl halides is 3. The maximum atomic E-state index is 12.9. The van der Waals surface area contributed by atoms with E-state index >= 15 is 0 Å². The number of rotatable bonds is 6. The molecular weight excluding hydrogens is 786 g/mol. The highest BCUT2D eigenvalue weighted by Crippen LogP contribution is 2.31. The summed E-state index contributed by atoms with van der Waals surface area (Å²) in [7, 11) is -5.00. The van der Waals surface area contributed by atoms with E-state index in [0.717, 1.165) is 10.7 Å². The fourth-order valence-electron chi connectivity index (χ4n) is 2.96. The number of halogens is 6. The zero-order valence-corrected chi connectivity index (χ0v) is 22.8. The lowest BCUT2D eigenvalue weighted by atomic mass is 9.87. The Balaban J connectivity index is 1.94. The van der Waals surface area contributed by atoms with Crippen molar-refractivity contribution in [1.82, 2.24) is 0 Å². The summed E-state index contributed by atoms with van der Waals surface area (Å²) in [6, 6.07) is 3.61. The van der Waals surface area contributed by atoms with E-state index in [1.54, 1.807) is 6.07 Å². The Bertz CT molecular complexity index is 945. The van der Waals surface area contributed by atoms with Crippen LogP contribution in [0.1, 0.15) is 36.0 Å². The van der Waals surface area contributed by atoms with E-state index in [9.17, 15) is 31.2 Å². The van der Waals surface area contributed by atoms with Crippen molar-refractivity contribution in [1.29, 1.82) is 0 Å². The van der Waals surface area contributed by atoms with Crippen LogP contribution in [0.2, 0.25) is 0 Å². The Morgan fingerprint density at radius 3 is 2.23 bits per heavy atom. The van der Waals surface area contributed by atoms with Crippen molar-refractivity contribution in [3.8, 4) is 0 Å². The normalized spacial score (nSPS) is 20.7. The molecule has 1 atom stereocenters. The van der Waals surface area contributed by atoms with Gasteiger partial charge in [-0.15, -0.1) is 0 Å². The van der Waals surface area contributed by atoms with Crippen LogP contribution in [0.4, 0.5) is 13.2 Å². The van der Waals surface area contributed by atoms with Gasteiger partial charge in [0, 0.05) is 10.7 Å². The van der Waals surface area contributed by atoms with Gasteiger partial charge in [0.25, 0.3) is 10.1 Å². The number of carbonyl (C=O) groups is 2. The Hall–Kier alpha value is 0.0500. The average Bonchev–Trinajstić information content (AvgIpc) is 2.62. The summed E-state index contributed by atoms with van der Waals surface area (Å²) in [5, 5.41) is 0. The summed E-state index contributed by atoms with van der Waals surface area (Å²) in [6.07, 6.45) is -7.85. The molecule has 174 valence electrons. The van der Waals surface area contributed by atoms with Crippen molar-refractivity contribution in [2.24, 2.45) is 5.92 Å². The van der Waals surface area contributed by atoms with Crippen molar-refractivity contribution in [2.45, 2.75) is 44.1 Å². The van der Waals surface area contributed by atoms with Crippen molar-refractivity contribution >= 4 is 89.8 Å². The van der Waals surface area contributed by atoms with Crippen molar-refractivity contribution < 1.29 is 45.2 Å². The molecule has 0 aliphatic heterocycles. The number of esters is 2. The lowest BCUT2D eigenvalue weighted by Gasteiger charge is -2.29. The topological polar surface area (TPSA) is 107 Å². The third kappa shape index (κ3) is 8.40. The van der Waals surface area contributed by atoms with Crippen molar-refractivity contribution in [2.75, 3.05) is 5.75 Å². The summed E-state index contributed by atoms with van der Waals surface area (Å²) in [5.74, 6) is -4.36. The molecule has 0 amide bonds. The fraction of sp³-hybridized carbons (Fsp3) is 0.529. The van der Waals surface area contributed by atoms with Gasteiger partial charge in [0.15, 0.2) is 0 Å². The van der Waals surface area contributed by atoms with Crippen LogP contribution < -0.4 is 0 Å². The highest BCUT2D eigenvalue weighted by molar-refractivity contribution is 14.1. The maximum Gasteiger partial charge on any atom is 0.426 e. The van der Waals surface area contributed by atoms with Crippen LogP contribution in [-0.2, 0) is 24.4 Å². The van der Waals surface area contributed by atoms with Gasteiger partial charge >= 0.3 is 18.1 Å². The molecule has 1 saturated carbocycles. The molecule has 1 aliphatic rings. The zero-order valence-electron chi connectivity index (χ0n) is 15.5. The van der Waals surface area contributed by atoms with E-state index in [2.05, 4.69) is 49.9 Å². The smallest absolute Gasteiger partial charge is 0.426 e. The SMILES string of the molecule is O=C(OC1CCC(C(=O)OC(CS(=O)(=O)O)C(F)(F)F)CC1)c1cc(I)cc(I)c1I. The number of carbonyl (C=O) groups excluding carboxylic acids is 2. The zero-order chi connectivity index (χ0) is 23.6. The Labute approximate surface area is 217 Å². The molecule has 1 N–H and O–H groups in total. The third-order valence-corrected chi connectivity index (χ3v) is 8.87. The van der Waals surface area contributed by atoms with Crippen LogP contribution >= 0.6 is 67.8 Å². The number of benzene rings is 1. The van der Waals surface area contributed by atoms with Gasteiger partial charge in [-0.05, 0) is 106 Å². The van der Waals surface area contributed by atoms with Crippen molar-refractivity contribution in [3.05, 3.63) is 28.4 Å². The van der Waals surface area contributed by atoms with E-state index in [4.69, 9.17) is 9.29 Å². The van der Waals surface area contributed by atoms with Gasteiger partial charge in [-0.3, -0.25) is 9.35 Å². The lowest BCUT2D eigenvalue weighted by molar-refractivity contribution is -0.218. The van der Waals surface area contributed by atoms with Crippen LogP contribution in [0.3, 0.4) is 0 Å². The van der Waals surface area contributed by atoms with E-state index in [1.165, 1.54) is 0 Å². The molecular formula is C17H16F3I3O7S. The second-order valence-corrected chi connectivity index (χ2v) is 11.8. The van der Waals surface area contributed by atoms with Gasteiger partial charge in [-0.1, -0.05) is 0 Å². The second-order valence-electron chi connectivity index (χ2n) is 6.84. The highest BCUT2D eigenvalue weighted by atomic mass is 127. The molecule has 0 spiro atoms. The first kappa shape index (κ1) is 27.3. The largest absolute Gasteiger partial charge is 0.459 e. The molecule has 14 heteroatoms. The summed E-state index contributed by atoms with van der Waals surface area (Å²) < 4.78 is 81.4. The summed E-state index contributed by atoms with van der Waals surface area (Å²) in [6.45, 7) is 0. The molecule has 1 aliphatic carbocycles. The predicted octanol–water partition coefficient (Wildman–Crippen LogP) is 4.58. The van der Waals surface area contributed by atoms with Gasteiger partial charge in [0.1, 0.15) is 11.9 Å². The summed E-state index contributed by atoms with van der Waals surface area (Å²) >= 11 is 6.24. The third-order valence-electron chi connectivity index (χ3n) is 4.48. The molecule has 0 saturated heterocycles. The standard InChI is InChI=1S/C17H16F3I3O7S/c18-17(19,20)13(7-31(26,27)28)30-15(24)8-1-3-10(4-2-8)29-16(25)11-5-9(21)6-12(22)14(11)23/h5-6,8,10,13H,1-4,7H2,(H,26,27,28). The first-order chi connectivity index (χ1) is 14.2. The number of hydrogen-bond acceptors (Lipinski definition) is 6. The van der Waals surface area contributed by atoms with Crippen LogP contribution in [0.5, 0.6) is 0 Å². The van der Waals surface area contributed by atoms with Crippen LogP contribution in [0, 0.1) is 16.6 Å². The molecule has 7 nitrogen and oxygen atoms in total. The molecule has 0 radical (unpaired) electrons. The average molecular weight is 802 g/mol. The lowest BCUT2D eigenvalue weighted by Crippen LogP contribution is -2.41. The Kier molecular flexibility index (Phi) is 9.67. The second kappa shape index (κ2) is 11.0. The molecule has 1 unspecified atom stereocenters. The first-order valence-electron chi connectivity index (χ1n) is 8.75. The minimum absolute atomic E-state index is 0.119. The minimum Gasteiger partial charge on any atom is -0.459 e. The monoisotopic (exact) mass is 802 g/mol. The number of hydrogen-bond donors (Lipinski definition) is 1. The van der Waals surface area contributed by atoms with Gasteiger partial charge in [-0.2, -0.15) is 21.6 Å². The van der Waals surface area contributed by atoms with E-state index in [-0.39, 0.29) is 25.7 Å². The summed E-state index contributed by atoms with van der Waals surface area (Å²) in [4.78, 5) is 24.6. The Morgan fingerprint density at radius 2 is 1.71 bits per heavy atom. The minimum atomic E-state index is -5.14. The number of ether oxygens (including phenoxy) is 2. The maximum absolute atomic E-state index is 12.9. The quantitative estimate of drug-likeness (QED) is 0.195. The van der Waals surface area contributed by atoms with Gasteiger partial charge in [0.2, 0.25) is 6.10 Å². The molecule has 1 aromatic carbocycles. The molecule has 0 bridgehead atoms. The molecule has 2 rings (SSSR count). The van der Waals surface area contributed by atoms with Crippen LogP contribution in [0.15, 0.2) is 12.1 Å². The van der Waals surface area contributed by atoms with Crippen molar-refractivity contribution in [3.63, 3.8) is 0 Å². The fourth-order valence-corrected chi connectivity index (χ4v) is 5.97. The van der Waals surface area contributed by atoms with Gasteiger partial charge in [-0.25, -0.2) is 4.79 Å².